The van der Waals surface area contributed by atoms with Crippen molar-refractivity contribution in [1.82, 2.24) is 9.55 Å². The lowest BCUT2D eigenvalue weighted by Crippen LogP contribution is -2.24. The lowest BCUT2D eigenvalue weighted by Gasteiger charge is -2.20. The Morgan fingerprint density at radius 1 is 1.44 bits per heavy atom. The van der Waals surface area contributed by atoms with Crippen LogP contribution in [0.5, 0.6) is 5.75 Å². The van der Waals surface area contributed by atoms with Gasteiger partial charge in [0.15, 0.2) is 0 Å². The summed E-state index contributed by atoms with van der Waals surface area (Å²) in [5, 5.41) is 0. The molecule has 94 valence electrons. The van der Waals surface area contributed by atoms with Gasteiger partial charge in [-0.25, -0.2) is 4.98 Å². The fourth-order valence-electron chi connectivity index (χ4n) is 2.43. The van der Waals surface area contributed by atoms with Gasteiger partial charge in [0.1, 0.15) is 11.6 Å². The van der Waals surface area contributed by atoms with E-state index in [0.717, 1.165) is 42.1 Å². The highest BCUT2D eigenvalue weighted by atomic mass is 16.5. The summed E-state index contributed by atoms with van der Waals surface area (Å²) in [6, 6.07) is 7.96. The Morgan fingerprint density at radius 3 is 3.11 bits per heavy atom. The minimum Gasteiger partial charge on any atom is -0.497 e. The molecule has 4 heteroatoms. The van der Waals surface area contributed by atoms with Gasteiger partial charge in [-0.05, 0) is 25.0 Å². The van der Waals surface area contributed by atoms with Gasteiger partial charge in [-0.1, -0.05) is 12.1 Å². The molecule has 2 N–H and O–H groups in total. The van der Waals surface area contributed by atoms with Crippen LogP contribution in [0.25, 0.3) is 11.3 Å². The maximum atomic E-state index is 6.09. The number of imidazole rings is 1. The average molecular weight is 243 g/mol. The molecule has 0 fully saturated rings. The number of ether oxygens (including phenoxy) is 1. The first-order valence-electron chi connectivity index (χ1n) is 6.25. The van der Waals surface area contributed by atoms with E-state index in [1.54, 1.807) is 7.11 Å². The molecule has 1 aromatic carbocycles. The molecule has 1 aliphatic heterocycles. The minimum atomic E-state index is 0.0700. The third kappa shape index (κ3) is 1.88. The molecular weight excluding hydrogens is 226 g/mol. The fraction of sp³-hybridized carbons (Fsp3) is 0.357. The lowest BCUT2D eigenvalue weighted by atomic mass is 10.1. The Balaban J connectivity index is 2.01. The Labute approximate surface area is 106 Å². The Hall–Kier alpha value is -1.81. The van der Waals surface area contributed by atoms with E-state index in [2.05, 4.69) is 9.55 Å². The van der Waals surface area contributed by atoms with Crippen molar-refractivity contribution in [1.29, 1.82) is 0 Å². The van der Waals surface area contributed by atoms with Crippen LogP contribution >= 0.6 is 0 Å². The van der Waals surface area contributed by atoms with Crippen LogP contribution in [-0.4, -0.2) is 16.7 Å². The van der Waals surface area contributed by atoms with E-state index in [1.165, 1.54) is 0 Å². The predicted molar refractivity (Wildman–Crippen MR) is 70.4 cm³/mol. The molecule has 0 bridgehead atoms. The Kier molecular flexibility index (Phi) is 2.80. The van der Waals surface area contributed by atoms with Gasteiger partial charge < -0.3 is 15.0 Å². The lowest BCUT2D eigenvalue weighted by molar-refractivity contribution is 0.408. The van der Waals surface area contributed by atoms with Crippen LogP contribution in [0.3, 0.4) is 0 Å². The van der Waals surface area contributed by atoms with Gasteiger partial charge in [0.2, 0.25) is 0 Å². The van der Waals surface area contributed by atoms with E-state index in [-0.39, 0.29) is 6.17 Å². The van der Waals surface area contributed by atoms with Crippen molar-refractivity contribution in [2.24, 2.45) is 5.73 Å². The number of nitrogens with two attached hydrogens (primary N) is 1. The van der Waals surface area contributed by atoms with Crippen molar-refractivity contribution in [2.45, 2.75) is 25.4 Å². The molecule has 0 saturated carbocycles. The number of hydrogen-bond donors (Lipinski definition) is 1. The first kappa shape index (κ1) is 11.3. The number of hydrogen-bond acceptors (Lipinski definition) is 3. The number of methoxy groups -OCH3 is 1. The van der Waals surface area contributed by atoms with Gasteiger partial charge >= 0.3 is 0 Å². The van der Waals surface area contributed by atoms with E-state index < -0.39 is 0 Å². The first-order valence-corrected chi connectivity index (χ1v) is 6.25. The van der Waals surface area contributed by atoms with Crippen molar-refractivity contribution >= 4 is 0 Å². The first-order chi connectivity index (χ1) is 8.78. The zero-order valence-electron chi connectivity index (χ0n) is 10.5. The summed E-state index contributed by atoms with van der Waals surface area (Å²) < 4.78 is 7.34. The molecule has 0 amide bonds. The van der Waals surface area contributed by atoms with Crippen molar-refractivity contribution in [3.8, 4) is 17.0 Å². The smallest absolute Gasteiger partial charge is 0.119 e. The highest BCUT2D eigenvalue weighted by molar-refractivity contribution is 5.61. The van der Waals surface area contributed by atoms with Crippen LogP contribution in [0, 0.1) is 0 Å². The topological polar surface area (TPSA) is 53.1 Å². The Morgan fingerprint density at radius 2 is 2.33 bits per heavy atom. The number of aryl methyl sites for hydroxylation is 1. The van der Waals surface area contributed by atoms with Crippen LogP contribution in [0.2, 0.25) is 0 Å². The molecule has 4 nitrogen and oxygen atoms in total. The quantitative estimate of drug-likeness (QED) is 0.880. The van der Waals surface area contributed by atoms with Crippen molar-refractivity contribution in [2.75, 3.05) is 7.11 Å². The molecule has 1 aliphatic rings. The van der Waals surface area contributed by atoms with Crippen LogP contribution in [0.1, 0.15) is 24.8 Å². The molecule has 1 unspecified atom stereocenters. The van der Waals surface area contributed by atoms with Gasteiger partial charge in [0.25, 0.3) is 0 Å². The normalized spacial score (nSPS) is 18.4. The molecule has 0 saturated heterocycles. The second-order valence-corrected chi connectivity index (χ2v) is 4.64. The summed E-state index contributed by atoms with van der Waals surface area (Å²) in [5.41, 5.74) is 8.14. The summed E-state index contributed by atoms with van der Waals surface area (Å²) in [5.74, 6) is 1.94. The van der Waals surface area contributed by atoms with Crippen LogP contribution in [-0.2, 0) is 6.42 Å². The van der Waals surface area contributed by atoms with Gasteiger partial charge in [0, 0.05) is 18.2 Å². The molecule has 18 heavy (non-hydrogen) atoms. The third-order valence-electron chi connectivity index (χ3n) is 3.43. The molecule has 0 aliphatic carbocycles. The molecular formula is C14H17N3O. The maximum Gasteiger partial charge on any atom is 0.119 e. The van der Waals surface area contributed by atoms with Crippen LogP contribution in [0.4, 0.5) is 0 Å². The number of nitrogens with zero attached hydrogens (tertiary/aromatic N) is 2. The van der Waals surface area contributed by atoms with Crippen molar-refractivity contribution in [3.63, 3.8) is 0 Å². The molecule has 2 aromatic rings. The van der Waals surface area contributed by atoms with E-state index in [9.17, 15) is 0 Å². The largest absolute Gasteiger partial charge is 0.497 e. The van der Waals surface area contributed by atoms with Gasteiger partial charge in [-0.2, -0.15) is 0 Å². The molecule has 1 aromatic heterocycles. The summed E-state index contributed by atoms with van der Waals surface area (Å²) in [7, 11) is 1.67. The number of fused-ring (bicyclic) bond motifs is 1. The third-order valence-corrected chi connectivity index (χ3v) is 3.43. The maximum absolute atomic E-state index is 6.09. The van der Waals surface area contributed by atoms with E-state index in [0.29, 0.717) is 0 Å². The number of aromatic nitrogens is 2. The molecule has 1 atom stereocenters. The van der Waals surface area contributed by atoms with Crippen molar-refractivity contribution in [3.05, 3.63) is 36.3 Å². The second kappa shape index (κ2) is 4.46. The molecule has 3 rings (SSSR count). The highest BCUT2D eigenvalue weighted by Gasteiger charge is 2.18. The standard InChI is InChI=1S/C14H17N3O/c1-18-11-5-2-4-10(8-11)12-9-17-13(15)6-3-7-14(17)16-12/h2,4-5,8-9,13H,3,6-7,15H2,1H3. The van der Waals surface area contributed by atoms with E-state index >= 15 is 0 Å². The number of benzene rings is 1. The zero-order chi connectivity index (χ0) is 12.5. The minimum absolute atomic E-state index is 0.0700. The monoisotopic (exact) mass is 243 g/mol. The molecule has 2 heterocycles. The van der Waals surface area contributed by atoms with Gasteiger partial charge in [-0.3, -0.25) is 0 Å². The van der Waals surface area contributed by atoms with Crippen LogP contribution in [0.15, 0.2) is 30.5 Å². The Bertz CT molecular complexity index is 562. The van der Waals surface area contributed by atoms with E-state index in [1.807, 2.05) is 30.5 Å². The number of rotatable bonds is 2. The highest BCUT2D eigenvalue weighted by Crippen LogP contribution is 2.27. The average Bonchev–Trinajstić information content (AvgIpc) is 2.84. The fourth-order valence-corrected chi connectivity index (χ4v) is 2.43. The molecule has 0 radical (unpaired) electrons. The zero-order valence-corrected chi connectivity index (χ0v) is 10.5. The van der Waals surface area contributed by atoms with Crippen LogP contribution < -0.4 is 10.5 Å². The van der Waals surface area contributed by atoms with Crippen molar-refractivity contribution < 1.29 is 4.74 Å². The predicted octanol–water partition coefficient (Wildman–Crippen LogP) is 2.35. The van der Waals surface area contributed by atoms with E-state index in [4.69, 9.17) is 10.5 Å². The summed E-state index contributed by atoms with van der Waals surface area (Å²) in [4.78, 5) is 4.67. The van der Waals surface area contributed by atoms with Gasteiger partial charge in [-0.15, -0.1) is 0 Å². The SMILES string of the molecule is COc1cccc(-c2cn3c(n2)CCCC3N)c1. The summed E-state index contributed by atoms with van der Waals surface area (Å²) >= 11 is 0. The summed E-state index contributed by atoms with van der Waals surface area (Å²) in [6.07, 6.45) is 5.28. The van der Waals surface area contributed by atoms with Gasteiger partial charge in [0.05, 0.1) is 19.0 Å². The summed E-state index contributed by atoms with van der Waals surface area (Å²) in [6.45, 7) is 0. The molecule has 0 spiro atoms. The second-order valence-electron chi connectivity index (χ2n) is 4.64.